The molecule has 0 saturated carbocycles. The molecule has 6 saturated heterocycles. The van der Waals surface area contributed by atoms with E-state index in [4.69, 9.17) is 0 Å². The fourth-order valence-corrected chi connectivity index (χ4v) is 12.0. The SMILES string of the molecule is C(=CC12CCCN1CCC2)c1cncc(-c2ccccc2)c1.C(=Cc1cncc(-c2ccccc2)c1)CC12CCCN1CCC2.c1ccc(-c2cncc(C3CC4CCC3N4)c2)cc1. The zero-order valence-electron chi connectivity index (χ0n) is 37.4. The molecule has 6 aliphatic rings. The summed E-state index contributed by atoms with van der Waals surface area (Å²) >= 11 is 0. The van der Waals surface area contributed by atoms with Crippen LogP contribution in [-0.4, -0.2) is 74.1 Å². The van der Waals surface area contributed by atoms with Crippen LogP contribution in [0.25, 0.3) is 45.5 Å². The van der Waals surface area contributed by atoms with Crippen molar-refractivity contribution in [3.63, 3.8) is 0 Å². The van der Waals surface area contributed by atoms with Gasteiger partial charge in [0.1, 0.15) is 0 Å². The predicted molar refractivity (Wildman–Crippen MR) is 265 cm³/mol. The lowest BCUT2D eigenvalue weighted by atomic mass is 9.84. The van der Waals surface area contributed by atoms with Gasteiger partial charge in [-0.05, 0) is 155 Å². The van der Waals surface area contributed by atoms with Crippen molar-refractivity contribution in [3.05, 3.63) is 175 Å². The maximum absolute atomic E-state index is 4.46. The van der Waals surface area contributed by atoms with Gasteiger partial charge in [-0.15, -0.1) is 0 Å². The van der Waals surface area contributed by atoms with Crippen LogP contribution in [0.15, 0.2) is 159 Å². The first kappa shape index (κ1) is 42.4. The summed E-state index contributed by atoms with van der Waals surface area (Å²) in [5, 5.41) is 3.71. The molecule has 0 aliphatic carbocycles. The Labute approximate surface area is 381 Å². The molecule has 2 bridgehead atoms. The summed E-state index contributed by atoms with van der Waals surface area (Å²) in [7, 11) is 0. The molecule has 6 aliphatic heterocycles. The standard InChI is InChI=1S/C21H24N2.C20H22N2.C17H18N2/c1-2-8-19(9-3-1)20-15-18(16-22-17-20)7-4-10-21-11-5-13-23(21)14-6-12-21;1-2-6-18(7-3-1)19-14-17(15-21-16-19)8-11-20-9-4-12-22(20)13-5-10-20;1-2-4-12(5-3-1)13-8-14(11-18-10-13)16-9-15-6-7-17(16)19-15/h1-4,7-9,15-17H,5-6,10-14H2;1-3,6-8,11,14-16H,4-5,9-10,12-13H2;1-5,8,10-11,15-17,19H,6-7,9H2. The predicted octanol–water partition coefficient (Wildman–Crippen LogP) is 12.5. The maximum atomic E-state index is 4.46. The van der Waals surface area contributed by atoms with Crippen LogP contribution < -0.4 is 5.32 Å². The van der Waals surface area contributed by atoms with E-state index in [1.54, 1.807) is 0 Å². The van der Waals surface area contributed by atoms with E-state index in [1.165, 1.54) is 153 Å². The molecule has 326 valence electrons. The van der Waals surface area contributed by atoms with Gasteiger partial charge in [0.05, 0.1) is 0 Å². The summed E-state index contributed by atoms with van der Waals surface area (Å²) in [5.41, 5.74) is 11.9. The summed E-state index contributed by atoms with van der Waals surface area (Å²) in [5.74, 6) is 0.662. The van der Waals surface area contributed by atoms with Crippen LogP contribution in [0.5, 0.6) is 0 Å². The molecule has 6 nitrogen and oxygen atoms in total. The fraction of sp³-hybridized carbons (Fsp3) is 0.362. The van der Waals surface area contributed by atoms with E-state index in [-0.39, 0.29) is 0 Å². The molecule has 6 aromatic rings. The number of hydrogen-bond acceptors (Lipinski definition) is 6. The van der Waals surface area contributed by atoms with Gasteiger partial charge in [0, 0.05) is 83.0 Å². The van der Waals surface area contributed by atoms with Crippen LogP contribution in [0.4, 0.5) is 0 Å². The minimum atomic E-state index is 0.336. The first-order valence-electron chi connectivity index (χ1n) is 24.2. The second kappa shape index (κ2) is 19.7. The molecule has 3 aromatic heterocycles. The molecule has 3 aromatic carbocycles. The minimum absolute atomic E-state index is 0.336. The first-order chi connectivity index (χ1) is 31.6. The van der Waals surface area contributed by atoms with Crippen LogP contribution in [0.2, 0.25) is 0 Å². The highest BCUT2D eigenvalue weighted by atomic mass is 15.2. The Kier molecular flexibility index (Phi) is 13.1. The van der Waals surface area contributed by atoms with Crippen LogP contribution >= 0.6 is 0 Å². The Bertz CT molecular complexity index is 2480. The third-order valence-corrected chi connectivity index (χ3v) is 15.2. The van der Waals surface area contributed by atoms with Gasteiger partial charge in [0.25, 0.3) is 0 Å². The Hall–Kier alpha value is -5.53. The Morgan fingerprint density at radius 2 is 1.05 bits per heavy atom. The van der Waals surface area contributed by atoms with Gasteiger partial charge in [-0.1, -0.05) is 115 Å². The summed E-state index contributed by atoms with van der Waals surface area (Å²) in [4.78, 5) is 18.7. The highest BCUT2D eigenvalue weighted by Crippen LogP contribution is 2.43. The van der Waals surface area contributed by atoms with Crippen molar-refractivity contribution in [1.29, 1.82) is 0 Å². The molecule has 0 spiro atoms. The van der Waals surface area contributed by atoms with Gasteiger partial charge >= 0.3 is 0 Å². The number of rotatable bonds is 9. The Morgan fingerprint density at radius 3 is 1.59 bits per heavy atom. The summed E-state index contributed by atoms with van der Waals surface area (Å²) in [6.45, 7) is 5.15. The molecule has 64 heavy (non-hydrogen) atoms. The summed E-state index contributed by atoms with van der Waals surface area (Å²) in [6.07, 6.45) is 37.1. The van der Waals surface area contributed by atoms with E-state index in [0.717, 1.165) is 6.04 Å². The number of benzene rings is 3. The topological polar surface area (TPSA) is 57.2 Å². The van der Waals surface area contributed by atoms with Crippen molar-refractivity contribution in [2.45, 2.75) is 106 Å². The Balaban J connectivity index is 0.000000114. The molecule has 12 rings (SSSR count). The van der Waals surface area contributed by atoms with E-state index < -0.39 is 0 Å². The number of hydrogen-bond donors (Lipinski definition) is 1. The normalized spacial score (nSPS) is 22.8. The highest BCUT2D eigenvalue weighted by molar-refractivity contribution is 5.67. The molecule has 0 radical (unpaired) electrons. The smallest absolute Gasteiger partial charge is 0.0395 e. The number of fused-ring (bicyclic) bond motifs is 4. The molecule has 3 unspecified atom stereocenters. The van der Waals surface area contributed by atoms with Gasteiger partial charge in [-0.3, -0.25) is 24.8 Å². The largest absolute Gasteiger partial charge is 0.311 e. The van der Waals surface area contributed by atoms with Crippen molar-refractivity contribution >= 4 is 12.2 Å². The number of nitrogens with zero attached hydrogens (tertiary/aromatic N) is 5. The van der Waals surface area contributed by atoms with E-state index >= 15 is 0 Å². The second-order valence-corrected chi connectivity index (χ2v) is 19.2. The van der Waals surface area contributed by atoms with Crippen LogP contribution in [0.1, 0.15) is 99.7 Å². The fourth-order valence-electron chi connectivity index (χ4n) is 12.0. The summed E-state index contributed by atoms with van der Waals surface area (Å²) < 4.78 is 0. The number of nitrogens with one attached hydrogen (secondary N) is 1. The van der Waals surface area contributed by atoms with Crippen LogP contribution in [0, 0.1) is 0 Å². The maximum Gasteiger partial charge on any atom is 0.0395 e. The average molecular weight is 845 g/mol. The lowest BCUT2D eigenvalue weighted by molar-refractivity contribution is 0.198. The number of aromatic nitrogens is 3. The van der Waals surface area contributed by atoms with Gasteiger partial charge in [0.15, 0.2) is 0 Å². The van der Waals surface area contributed by atoms with E-state index in [1.807, 2.05) is 31.0 Å². The molecule has 6 fully saturated rings. The van der Waals surface area contributed by atoms with Crippen molar-refractivity contribution in [3.8, 4) is 33.4 Å². The van der Waals surface area contributed by atoms with E-state index in [0.29, 0.717) is 23.0 Å². The molecular formula is C58H64N6. The van der Waals surface area contributed by atoms with Crippen molar-refractivity contribution in [1.82, 2.24) is 30.1 Å². The van der Waals surface area contributed by atoms with Gasteiger partial charge < -0.3 is 5.32 Å². The van der Waals surface area contributed by atoms with E-state index in [2.05, 4.69) is 170 Å². The quantitative estimate of drug-likeness (QED) is 0.156. The van der Waals surface area contributed by atoms with Crippen LogP contribution in [-0.2, 0) is 0 Å². The first-order valence-corrected chi connectivity index (χ1v) is 24.2. The lowest BCUT2D eigenvalue weighted by Crippen LogP contribution is -2.37. The van der Waals surface area contributed by atoms with Gasteiger partial charge in [0.2, 0.25) is 0 Å². The third-order valence-electron chi connectivity index (χ3n) is 15.2. The zero-order valence-corrected chi connectivity index (χ0v) is 37.4. The van der Waals surface area contributed by atoms with Crippen molar-refractivity contribution in [2.75, 3.05) is 26.2 Å². The lowest BCUT2D eigenvalue weighted by Gasteiger charge is -2.30. The Morgan fingerprint density at radius 1 is 0.531 bits per heavy atom. The molecule has 3 atom stereocenters. The van der Waals surface area contributed by atoms with Gasteiger partial charge in [-0.25, -0.2) is 0 Å². The molecule has 6 heteroatoms. The summed E-state index contributed by atoms with van der Waals surface area (Å²) in [6, 6.07) is 39.7. The number of pyridine rings is 3. The molecule has 9 heterocycles. The molecular weight excluding hydrogens is 781 g/mol. The van der Waals surface area contributed by atoms with E-state index in [9.17, 15) is 0 Å². The van der Waals surface area contributed by atoms with Crippen molar-refractivity contribution < 1.29 is 0 Å². The second-order valence-electron chi connectivity index (χ2n) is 19.2. The monoisotopic (exact) mass is 845 g/mol. The van der Waals surface area contributed by atoms with Crippen LogP contribution in [0.3, 0.4) is 0 Å². The van der Waals surface area contributed by atoms with Crippen molar-refractivity contribution in [2.24, 2.45) is 0 Å². The minimum Gasteiger partial charge on any atom is -0.311 e. The molecule has 0 amide bonds. The average Bonchev–Trinajstić information content (AvgIpc) is 4.24. The van der Waals surface area contributed by atoms with Gasteiger partial charge in [-0.2, -0.15) is 0 Å². The molecule has 1 N–H and O–H groups in total. The third kappa shape index (κ3) is 9.61. The highest BCUT2D eigenvalue weighted by Gasteiger charge is 2.43. The zero-order chi connectivity index (χ0) is 43.0.